The molecule has 0 radical (unpaired) electrons. The number of benzene rings is 1. The smallest absolute Gasteiger partial charge is 0.143 e. The summed E-state index contributed by atoms with van der Waals surface area (Å²) in [6.45, 7) is 2.01. The van der Waals surface area contributed by atoms with Crippen molar-refractivity contribution in [1.82, 2.24) is 9.55 Å². The first-order valence-corrected chi connectivity index (χ1v) is 7.06. The second-order valence-corrected chi connectivity index (χ2v) is 5.38. The molecule has 0 aliphatic rings. The topological polar surface area (TPSA) is 43.0 Å². The number of aryl methyl sites for hydroxylation is 2. The number of nitrogens with zero attached hydrogens (tertiary/aromatic N) is 2. The quantitative estimate of drug-likeness (QED) is 0.786. The van der Waals surface area contributed by atoms with Gasteiger partial charge in [-0.15, -0.1) is 0 Å². The van der Waals surface area contributed by atoms with Crippen LogP contribution in [0.25, 0.3) is 0 Å². The van der Waals surface area contributed by atoms with Crippen LogP contribution in [-0.4, -0.2) is 9.55 Å². The van der Waals surface area contributed by atoms with Gasteiger partial charge in [0.1, 0.15) is 17.6 Å². The van der Waals surface area contributed by atoms with Gasteiger partial charge in [-0.25, -0.2) is 4.98 Å². The van der Waals surface area contributed by atoms with E-state index in [2.05, 4.69) is 10.3 Å². The van der Waals surface area contributed by atoms with Crippen molar-refractivity contribution < 1.29 is 4.42 Å². The van der Waals surface area contributed by atoms with Gasteiger partial charge in [0, 0.05) is 19.4 Å². The van der Waals surface area contributed by atoms with Crippen molar-refractivity contribution in [2.24, 2.45) is 7.05 Å². The van der Waals surface area contributed by atoms with Crippen molar-refractivity contribution in [3.05, 3.63) is 71.2 Å². The molecule has 0 aliphatic heterocycles. The summed E-state index contributed by atoms with van der Waals surface area (Å²) >= 11 is 6.32. The third-order valence-electron chi connectivity index (χ3n) is 3.37. The molecule has 3 rings (SSSR count). The first-order valence-electron chi connectivity index (χ1n) is 6.68. The van der Waals surface area contributed by atoms with Gasteiger partial charge in [-0.1, -0.05) is 17.7 Å². The van der Waals surface area contributed by atoms with Crippen LogP contribution in [0.4, 0.5) is 5.69 Å². The van der Waals surface area contributed by atoms with Gasteiger partial charge in [-0.2, -0.15) is 0 Å². The summed E-state index contributed by atoms with van der Waals surface area (Å²) in [4.78, 5) is 4.41. The Kier molecular flexibility index (Phi) is 3.71. The molecule has 0 aliphatic carbocycles. The highest BCUT2D eigenvalue weighted by atomic mass is 35.5. The van der Waals surface area contributed by atoms with Crippen LogP contribution in [0, 0.1) is 6.92 Å². The Balaban J connectivity index is 1.99. The summed E-state index contributed by atoms with van der Waals surface area (Å²) in [5, 5.41) is 4.09. The monoisotopic (exact) mass is 301 g/mol. The standard InChI is InChI=1S/C16H16ClN3O/c1-11-5-6-13(12(17)10-11)19-15(14-4-3-9-21-14)16-18-7-8-20(16)2/h3-10,15,19H,1-2H3. The molecule has 0 saturated heterocycles. The molecule has 1 N–H and O–H groups in total. The normalized spacial score (nSPS) is 12.3. The Bertz CT molecular complexity index is 734. The fourth-order valence-corrected chi connectivity index (χ4v) is 2.56. The molecular weight excluding hydrogens is 286 g/mol. The summed E-state index contributed by atoms with van der Waals surface area (Å²) in [6.07, 6.45) is 5.33. The number of rotatable bonds is 4. The molecule has 3 aromatic rings. The van der Waals surface area contributed by atoms with E-state index in [1.54, 1.807) is 12.5 Å². The minimum Gasteiger partial charge on any atom is -0.467 e. The van der Waals surface area contributed by atoms with E-state index in [9.17, 15) is 0 Å². The molecule has 2 heterocycles. The maximum Gasteiger partial charge on any atom is 0.143 e. The van der Waals surface area contributed by atoms with Crippen LogP contribution < -0.4 is 5.32 Å². The number of furan rings is 1. The molecule has 0 saturated carbocycles. The second-order valence-electron chi connectivity index (χ2n) is 4.97. The second kappa shape index (κ2) is 5.66. The van der Waals surface area contributed by atoms with Gasteiger partial charge >= 0.3 is 0 Å². The summed E-state index contributed by atoms with van der Waals surface area (Å²) in [5.74, 6) is 1.66. The largest absolute Gasteiger partial charge is 0.467 e. The maximum absolute atomic E-state index is 6.32. The highest BCUT2D eigenvalue weighted by molar-refractivity contribution is 6.33. The summed E-state index contributed by atoms with van der Waals surface area (Å²) in [7, 11) is 1.96. The molecule has 1 atom stereocenters. The SMILES string of the molecule is Cc1ccc(NC(c2ccco2)c2nccn2C)c(Cl)c1. The summed E-state index contributed by atoms with van der Waals surface area (Å²) in [5.41, 5.74) is 1.98. The molecule has 1 aromatic carbocycles. The summed E-state index contributed by atoms with van der Waals surface area (Å²) in [6, 6.07) is 9.52. The van der Waals surface area contributed by atoms with Crippen LogP contribution in [0.5, 0.6) is 0 Å². The van der Waals surface area contributed by atoms with E-state index in [1.165, 1.54) is 0 Å². The molecular formula is C16H16ClN3O. The fourth-order valence-electron chi connectivity index (χ4n) is 2.27. The van der Waals surface area contributed by atoms with Crippen LogP contribution in [0.2, 0.25) is 5.02 Å². The van der Waals surface area contributed by atoms with Crippen molar-refractivity contribution in [3.8, 4) is 0 Å². The minimum atomic E-state index is -0.194. The lowest BCUT2D eigenvalue weighted by molar-refractivity contribution is 0.488. The number of halogens is 1. The summed E-state index contributed by atoms with van der Waals surface area (Å²) < 4.78 is 7.51. The van der Waals surface area contributed by atoms with E-state index in [4.69, 9.17) is 16.0 Å². The van der Waals surface area contributed by atoms with E-state index in [0.29, 0.717) is 5.02 Å². The molecule has 0 bridgehead atoms. The number of hydrogen-bond acceptors (Lipinski definition) is 3. The Hall–Kier alpha value is -2.20. The molecule has 108 valence electrons. The Morgan fingerprint density at radius 1 is 1.33 bits per heavy atom. The lowest BCUT2D eigenvalue weighted by Crippen LogP contribution is -2.16. The fraction of sp³-hybridized carbons (Fsp3) is 0.188. The third kappa shape index (κ3) is 2.81. The Labute approximate surface area is 128 Å². The predicted octanol–water partition coefficient (Wildman–Crippen LogP) is 4.18. The van der Waals surface area contributed by atoms with Gasteiger partial charge in [0.05, 0.1) is 17.0 Å². The van der Waals surface area contributed by atoms with E-state index >= 15 is 0 Å². The number of nitrogens with one attached hydrogen (secondary N) is 1. The maximum atomic E-state index is 6.32. The zero-order chi connectivity index (χ0) is 14.8. The van der Waals surface area contributed by atoms with Crippen LogP contribution in [-0.2, 0) is 7.05 Å². The Morgan fingerprint density at radius 2 is 2.19 bits per heavy atom. The molecule has 0 amide bonds. The number of imidazole rings is 1. The highest BCUT2D eigenvalue weighted by Gasteiger charge is 2.21. The molecule has 21 heavy (non-hydrogen) atoms. The lowest BCUT2D eigenvalue weighted by atomic mass is 10.1. The van der Waals surface area contributed by atoms with Crippen molar-refractivity contribution in [2.75, 3.05) is 5.32 Å². The van der Waals surface area contributed by atoms with Crippen molar-refractivity contribution in [3.63, 3.8) is 0 Å². The van der Waals surface area contributed by atoms with Gasteiger partial charge in [-0.3, -0.25) is 0 Å². The van der Waals surface area contributed by atoms with Gasteiger partial charge in [0.25, 0.3) is 0 Å². The highest BCUT2D eigenvalue weighted by Crippen LogP contribution is 2.30. The Morgan fingerprint density at radius 3 is 2.81 bits per heavy atom. The third-order valence-corrected chi connectivity index (χ3v) is 3.68. The van der Waals surface area contributed by atoms with E-state index < -0.39 is 0 Å². The average Bonchev–Trinajstić information content (AvgIpc) is 3.10. The number of hydrogen-bond donors (Lipinski definition) is 1. The van der Waals surface area contributed by atoms with Crippen molar-refractivity contribution in [2.45, 2.75) is 13.0 Å². The molecule has 1 unspecified atom stereocenters. The zero-order valence-electron chi connectivity index (χ0n) is 11.9. The minimum absolute atomic E-state index is 0.194. The van der Waals surface area contributed by atoms with Gasteiger partial charge < -0.3 is 14.3 Å². The molecule has 0 spiro atoms. The molecule has 0 fully saturated rings. The van der Waals surface area contributed by atoms with Gasteiger partial charge in [0.15, 0.2) is 0 Å². The van der Waals surface area contributed by atoms with Crippen LogP contribution >= 0.6 is 11.6 Å². The molecule has 4 nitrogen and oxygen atoms in total. The van der Waals surface area contributed by atoms with Crippen LogP contribution in [0.3, 0.4) is 0 Å². The van der Waals surface area contributed by atoms with Crippen LogP contribution in [0.15, 0.2) is 53.4 Å². The average molecular weight is 302 g/mol. The van der Waals surface area contributed by atoms with Gasteiger partial charge in [0.2, 0.25) is 0 Å². The first kappa shape index (κ1) is 13.8. The van der Waals surface area contributed by atoms with E-state index in [-0.39, 0.29) is 6.04 Å². The van der Waals surface area contributed by atoms with E-state index in [1.807, 2.05) is 55.1 Å². The zero-order valence-corrected chi connectivity index (χ0v) is 12.6. The number of aromatic nitrogens is 2. The number of anilines is 1. The van der Waals surface area contributed by atoms with Crippen LogP contribution in [0.1, 0.15) is 23.2 Å². The van der Waals surface area contributed by atoms with Crippen molar-refractivity contribution >= 4 is 17.3 Å². The van der Waals surface area contributed by atoms with Gasteiger partial charge in [-0.05, 0) is 36.8 Å². The van der Waals surface area contributed by atoms with E-state index in [0.717, 1.165) is 22.8 Å². The lowest BCUT2D eigenvalue weighted by Gasteiger charge is -2.19. The molecule has 5 heteroatoms. The van der Waals surface area contributed by atoms with Crippen molar-refractivity contribution in [1.29, 1.82) is 0 Å². The molecule has 2 aromatic heterocycles. The predicted molar refractivity (Wildman–Crippen MR) is 83.6 cm³/mol. The first-order chi connectivity index (χ1) is 10.1.